The summed E-state index contributed by atoms with van der Waals surface area (Å²) in [5.41, 5.74) is 1.45. The third-order valence-electron chi connectivity index (χ3n) is 3.46. The van der Waals surface area contributed by atoms with E-state index in [1.807, 2.05) is 37.4 Å². The zero-order valence-corrected chi connectivity index (χ0v) is 11.4. The molecule has 1 aromatic heterocycles. The number of hydrogen-bond acceptors (Lipinski definition) is 4. The van der Waals surface area contributed by atoms with Crippen molar-refractivity contribution in [1.29, 1.82) is 0 Å². The first-order valence-electron chi connectivity index (χ1n) is 6.69. The van der Waals surface area contributed by atoms with Crippen molar-refractivity contribution in [1.82, 2.24) is 14.7 Å². The lowest BCUT2D eigenvalue weighted by Crippen LogP contribution is -2.44. The Hall–Kier alpha value is -1.98. The van der Waals surface area contributed by atoms with Gasteiger partial charge in [0.1, 0.15) is 11.8 Å². The molecule has 0 spiro atoms. The van der Waals surface area contributed by atoms with Crippen LogP contribution in [0.15, 0.2) is 42.6 Å². The predicted molar refractivity (Wildman–Crippen MR) is 75.1 cm³/mol. The molecule has 0 N–H and O–H groups in total. The van der Waals surface area contributed by atoms with Gasteiger partial charge in [-0.2, -0.15) is 5.10 Å². The molecule has 5 heteroatoms. The van der Waals surface area contributed by atoms with Gasteiger partial charge in [-0.1, -0.05) is 18.2 Å². The van der Waals surface area contributed by atoms with Crippen molar-refractivity contribution in [3.8, 4) is 5.69 Å². The van der Waals surface area contributed by atoms with Gasteiger partial charge in [-0.15, -0.1) is 0 Å². The van der Waals surface area contributed by atoms with Crippen LogP contribution in [-0.2, 0) is 4.74 Å². The number of Topliss-reactive ketones (excluding diaryl/α,β-unsaturated/α-hetero) is 1. The Labute approximate surface area is 117 Å². The van der Waals surface area contributed by atoms with Crippen molar-refractivity contribution in [3.05, 3.63) is 48.3 Å². The van der Waals surface area contributed by atoms with E-state index in [0.717, 1.165) is 12.2 Å². The molecule has 1 aromatic carbocycles. The van der Waals surface area contributed by atoms with Gasteiger partial charge < -0.3 is 9.64 Å². The minimum atomic E-state index is -0.409. The van der Waals surface area contributed by atoms with Crippen molar-refractivity contribution in [2.24, 2.45) is 0 Å². The Morgan fingerprint density at radius 2 is 2.10 bits per heavy atom. The Morgan fingerprint density at radius 1 is 1.30 bits per heavy atom. The third kappa shape index (κ3) is 2.50. The number of nitrogens with zero attached hydrogens (tertiary/aromatic N) is 3. The van der Waals surface area contributed by atoms with Gasteiger partial charge in [0.2, 0.25) is 5.78 Å². The van der Waals surface area contributed by atoms with E-state index in [2.05, 4.69) is 10.00 Å². The molecule has 0 aliphatic carbocycles. The zero-order valence-electron chi connectivity index (χ0n) is 11.4. The molecule has 0 bridgehead atoms. The van der Waals surface area contributed by atoms with Gasteiger partial charge in [0.05, 0.1) is 18.5 Å². The molecule has 2 aromatic rings. The molecule has 1 unspecified atom stereocenters. The lowest BCUT2D eigenvalue weighted by Gasteiger charge is -2.29. The molecule has 20 heavy (non-hydrogen) atoms. The highest BCUT2D eigenvalue weighted by atomic mass is 16.5. The van der Waals surface area contributed by atoms with Gasteiger partial charge in [0.15, 0.2) is 0 Å². The zero-order chi connectivity index (χ0) is 13.9. The fourth-order valence-electron chi connectivity index (χ4n) is 2.37. The fraction of sp³-hybridized carbons (Fsp3) is 0.333. The highest BCUT2D eigenvalue weighted by Gasteiger charge is 2.28. The summed E-state index contributed by atoms with van der Waals surface area (Å²) in [6.45, 7) is 2.08. The monoisotopic (exact) mass is 271 g/mol. The molecule has 0 radical (unpaired) electrons. The van der Waals surface area contributed by atoms with Crippen LogP contribution in [0.25, 0.3) is 5.69 Å². The van der Waals surface area contributed by atoms with Crippen LogP contribution in [0, 0.1) is 0 Å². The number of benzene rings is 1. The molecule has 1 aliphatic rings. The van der Waals surface area contributed by atoms with Crippen molar-refractivity contribution in [2.45, 2.75) is 6.10 Å². The topological polar surface area (TPSA) is 47.4 Å². The maximum atomic E-state index is 12.6. The van der Waals surface area contributed by atoms with E-state index in [1.54, 1.807) is 16.9 Å². The lowest BCUT2D eigenvalue weighted by atomic mass is 10.1. The van der Waals surface area contributed by atoms with Gasteiger partial charge in [0, 0.05) is 13.1 Å². The molecule has 104 valence electrons. The average molecular weight is 271 g/mol. The van der Waals surface area contributed by atoms with E-state index in [9.17, 15) is 4.79 Å². The molecule has 2 heterocycles. The predicted octanol–water partition coefficient (Wildman–Crippen LogP) is 1.39. The summed E-state index contributed by atoms with van der Waals surface area (Å²) in [5.74, 6) is -0.0158. The number of rotatable bonds is 3. The summed E-state index contributed by atoms with van der Waals surface area (Å²) in [6, 6.07) is 11.4. The first-order chi connectivity index (χ1) is 9.75. The SMILES string of the molecule is CN1CCOC(C(=O)c2ccnn2-c2ccccc2)C1. The molecular weight excluding hydrogens is 254 g/mol. The number of morpholine rings is 1. The van der Waals surface area contributed by atoms with E-state index >= 15 is 0 Å². The van der Waals surface area contributed by atoms with Crippen LogP contribution in [0.4, 0.5) is 0 Å². The van der Waals surface area contributed by atoms with Crippen LogP contribution in [0.5, 0.6) is 0 Å². The van der Waals surface area contributed by atoms with Gasteiger partial charge in [0.25, 0.3) is 0 Å². The second-order valence-electron chi connectivity index (χ2n) is 4.95. The number of hydrogen-bond donors (Lipinski definition) is 0. The van der Waals surface area contributed by atoms with Crippen molar-refractivity contribution in [2.75, 3.05) is 26.7 Å². The number of ether oxygens (including phenoxy) is 1. The normalized spacial score (nSPS) is 19.9. The van der Waals surface area contributed by atoms with Gasteiger partial charge in [-0.25, -0.2) is 4.68 Å². The van der Waals surface area contributed by atoms with Crippen LogP contribution >= 0.6 is 0 Å². The summed E-state index contributed by atoms with van der Waals surface area (Å²) >= 11 is 0. The Bertz CT molecular complexity index is 594. The van der Waals surface area contributed by atoms with E-state index in [4.69, 9.17) is 4.74 Å². The number of ketones is 1. The molecule has 5 nitrogen and oxygen atoms in total. The minimum absolute atomic E-state index is 0.0158. The fourth-order valence-corrected chi connectivity index (χ4v) is 2.37. The van der Waals surface area contributed by atoms with Crippen LogP contribution < -0.4 is 0 Å². The molecule has 1 atom stereocenters. The van der Waals surface area contributed by atoms with E-state index in [-0.39, 0.29) is 5.78 Å². The van der Waals surface area contributed by atoms with Crippen LogP contribution in [-0.4, -0.2) is 53.3 Å². The van der Waals surface area contributed by atoms with Crippen LogP contribution in [0.1, 0.15) is 10.5 Å². The highest BCUT2D eigenvalue weighted by molar-refractivity contribution is 5.98. The summed E-state index contributed by atoms with van der Waals surface area (Å²) in [4.78, 5) is 14.7. The van der Waals surface area contributed by atoms with E-state index < -0.39 is 6.10 Å². The number of carbonyl (C=O) groups excluding carboxylic acids is 1. The Kier molecular flexibility index (Phi) is 3.62. The molecule has 3 rings (SSSR count). The van der Waals surface area contributed by atoms with Crippen molar-refractivity contribution < 1.29 is 9.53 Å². The quantitative estimate of drug-likeness (QED) is 0.791. The number of para-hydroxylation sites is 1. The molecular formula is C15H17N3O2. The smallest absolute Gasteiger partial charge is 0.211 e. The van der Waals surface area contributed by atoms with E-state index in [0.29, 0.717) is 18.8 Å². The second-order valence-corrected chi connectivity index (χ2v) is 4.95. The molecule has 0 saturated carbocycles. The maximum Gasteiger partial charge on any atom is 0.211 e. The summed E-state index contributed by atoms with van der Waals surface area (Å²) in [7, 11) is 2.00. The maximum absolute atomic E-state index is 12.6. The van der Waals surface area contributed by atoms with Gasteiger partial charge in [-0.3, -0.25) is 4.79 Å². The van der Waals surface area contributed by atoms with Crippen molar-refractivity contribution >= 4 is 5.78 Å². The van der Waals surface area contributed by atoms with E-state index in [1.165, 1.54) is 0 Å². The second kappa shape index (κ2) is 5.56. The lowest BCUT2D eigenvalue weighted by molar-refractivity contribution is -0.00903. The van der Waals surface area contributed by atoms with Gasteiger partial charge in [-0.05, 0) is 25.2 Å². The number of aromatic nitrogens is 2. The summed E-state index contributed by atoms with van der Waals surface area (Å²) in [5, 5.41) is 4.25. The molecule has 1 aliphatic heterocycles. The first-order valence-corrected chi connectivity index (χ1v) is 6.69. The Morgan fingerprint density at radius 3 is 2.85 bits per heavy atom. The average Bonchev–Trinajstić information content (AvgIpc) is 2.97. The molecule has 0 amide bonds. The largest absolute Gasteiger partial charge is 0.367 e. The summed E-state index contributed by atoms with van der Waals surface area (Å²) < 4.78 is 7.26. The van der Waals surface area contributed by atoms with Crippen LogP contribution in [0.2, 0.25) is 0 Å². The standard InChI is InChI=1S/C15H17N3O2/c1-17-9-10-20-14(11-17)15(19)13-7-8-16-18(13)12-5-3-2-4-6-12/h2-8,14H,9-11H2,1H3. The minimum Gasteiger partial charge on any atom is -0.367 e. The number of carbonyl (C=O) groups is 1. The summed E-state index contributed by atoms with van der Waals surface area (Å²) in [6.07, 6.45) is 1.24. The molecule has 1 saturated heterocycles. The van der Waals surface area contributed by atoms with Gasteiger partial charge >= 0.3 is 0 Å². The highest BCUT2D eigenvalue weighted by Crippen LogP contribution is 2.15. The number of likely N-dealkylation sites (N-methyl/N-ethyl adjacent to an activating group) is 1. The first kappa shape index (κ1) is 13.0. The Balaban J connectivity index is 1.88. The van der Waals surface area contributed by atoms with Crippen LogP contribution in [0.3, 0.4) is 0 Å². The third-order valence-corrected chi connectivity index (χ3v) is 3.46. The van der Waals surface area contributed by atoms with Crippen molar-refractivity contribution in [3.63, 3.8) is 0 Å². The molecule has 1 fully saturated rings.